The van der Waals surface area contributed by atoms with Gasteiger partial charge in [0.05, 0.1) is 24.0 Å². The van der Waals surface area contributed by atoms with Crippen molar-refractivity contribution in [3.63, 3.8) is 0 Å². The Balaban J connectivity index is 2.66. The molecule has 6 heteroatoms. The topological polar surface area (TPSA) is 93.2 Å². The first kappa shape index (κ1) is 14.5. The van der Waals surface area contributed by atoms with Crippen LogP contribution in [-0.2, 0) is 10.0 Å². The molecule has 1 aromatic carbocycles. The highest BCUT2D eigenvalue weighted by molar-refractivity contribution is 7.89. The summed E-state index contributed by atoms with van der Waals surface area (Å²) in [5.74, 6) is 0.602. The van der Waals surface area contributed by atoms with Gasteiger partial charge in [0.15, 0.2) is 0 Å². The third kappa shape index (κ3) is 4.35. The smallest absolute Gasteiger partial charge is 0.209 e. The fourth-order valence-electron chi connectivity index (χ4n) is 1.68. The van der Waals surface area contributed by atoms with Crippen LogP contribution in [0.5, 0.6) is 5.75 Å². The molecule has 2 N–H and O–H groups in total. The van der Waals surface area contributed by atoms with Gasteiger partial charge < -0.3 is 4.74 Å². The van der Waals surface area contributed by atoms with E-state index in [2.05, 4.69) is 6.07 Å². The van der Waals surface area contributed by atoms with E-state index in [0.29, 0.717) is 17.7 Å². The quantitative estimate of drug-likeness (QED) is 0.813. The van der Waals surface area contributed by atoms with E-state index in [1.54, 1.807) is 12.1 Å². The highest BCUT2D eigenvalue weighted by Crippen LogP contribution is 2.24. The van der Waals surface area contributed by atoms with E-state index in [-0.39, 0.29) is 12.4 Å². The summed E-state index contributed by atoms with van der Waals surface area (Å²) in [6.45, 7) is 3.98. The fourth-order valence-corrected chi connectivity index (χ4v) is 2.20. The van der Waals surface area contributed by atoms with Crippen LogP contribution in [0.15, 0.2) is 12.1 Å². The summed E-state index contributed by atoms with van der Waals surface area (Å²) in [4.78, 5) is 0. The summed E-state index contributed by atoms with van der Waals surface area (Å²) in [5.41, 5.74) is 2.31. The highest BCUT2D eigenvalue weighted by Gasteiger charge is 2.07. The zero-order chi connectivity index (χ0) is 13.8. The number of hydrogen-bond acceptors (Lipinski definition) is 4. The van der Waals surface area contributed by atoms with Gasteiger partial charge in [-0.1, -0.05) is 0 Å². The summed E-state index contributed by atoms with van der Waals surface area (Å²) in [5, 5.41) is 13.7. The van der Waals surface area contributed by atoms with Gasteiger partial charge in [0.25, 0.3) is 0 Å². The molecule has 0 bridgehead atoms. The molecule has 0 heterocycles. The molecule has 0 atom stereocenters. The van der Waals surface area contributed by atoms with Crippen molar-refractivity contribution in [1.82, 2.24) is 0 Å². The minimum Gasteiger partial charge on any atom is -0.493 e. The Morgan fingerprint density at radius 1 is 1.33 bits per heavy atom. The second kappa shape index (κ2) is 5.85. The van der Waals surface area contributed by atoms with Crippen LogP contribution in [0.25, 0.3) is 0 Å². The van der Waals surface area contributed by atoms with Crippen LogP contribution in [0.4, 0.5) is 0 Å². The van der Waals surface area contributed by atoms with Gasteiger partial charge in [0, 0.05) is 0 Å². The third-order valence-corrected chi connectivity index (χ3v) is 3.27. The summed E-state index contributed by atoms with van der Waals surface area (Å²) in [6.07, 6.45) is 0.345. The molecule has 1 rings (SSSR count). The summed E-state index contributed by atoms with van der Waals surface area (Å²) < 4.78 is 27.0. The maximum Gasteiger partial charge on any atom is 0.209 e. The summed E-state index contributed by atoms with van der Waals surface area (Å²) >= 11 is 0. The normalized spacial score (nSPS) is 11.0. The standard InChI is InChI=1S/C12H16N2O3S/c1-9-6-11(8-13)7-10(2)12(9)17-4-3-5-18(14,15)16/h6-7H,3-5H2,1-2H3,(H2,14,15,16). The van der Waals surface area contributed by atoms with Crippen molar-refractivity contribution in [3.05, 3.63) is 28.8 Å². The fraction of sp³-hybridized carbons (Fsp3) is 0.417. The Kier molecular flexibility index (Phi) is 4.70. The molecule has 5 nitrogen and oxygen atoms in total. The summed E-state index contributed by atoms with van der Waals surface area (Å²) in [6, 6.07) is 5.55. The lowest BCUT2D eigenvalue weighted by atomic mass is 10.1. The SMILES string of the molecule is Cc1cc(C#N)cc(C)c1OCCCS(N)(=O)=O. The third-order valence-electron chi connectivity index (χ3n) is 2.41. The average molecular weight is 268 g/mol. The number of sulfonamides is 1. The Hall–Kier alpha value is -1.58. The lowest BCUT2D eigenvalue weighted by Gasteiger charge is -2.12. The van der Waals surface area contributed by atoms with Crippen LogP contribution in [0, 0.1) is 25.2 Å². The molecule has 0 fully saturated rings. The lowest BCUT2D eigenvalue weighted by molar-refractivity contribution is 0.313. The molecule has 0 unspecified atom stereocenters. The molecular weight excluding hydrogens is 252 g/mol. The summed E-state index contributed by atoms with van der Waals surface area (Å²) in [7, 11) is -3.43. The van der Waals surface area contributed by atoms with Crippen molar-refractivity contribution < 1.29 is 13.2 Å². The van der Waals surface area contributed by atoms with E-state index < -0.39 is 10.0 Å². The zero-order valence-corrected chi connectivity index (χ0v) is 11.3. The zero-order valence-electron chi connectivity index (χ0n) is 10.4. The van der Waals surface area contributed by atoms with E-state index >= 15 is 0 Å². The van der Waals surface area contributed by atoms with Gasteiger partial charge >= 0.3 is 0 Å². The number of nitrogens with two attached hydrogens (primary N) is 1. The second-order valence-electron chi connectivity index (χ2n) is 4.12. The van der Waals surface area contributed by atoms with Crippen LogP contribution < -0.4 is 9.88 Å². The molecule has 0 radical (unpaired) electrons. The van der Waals surface area contributed by atoms with Gasteiger partial charge in [0.1, 0.15) is 5.75 Å². The van der Waals surface area contributed by atoms with E-state index in [1.807, 2.05) is 13.8 Å². The van der Waals surface area contributed by atoms with E-state index in [1.165, 1.54) is 0 Å². The molecule has 18 heavy (non-hydrogen) atoms. The van der Waals surface area contributed by atoms with Crippen LogP contribution in [-0.4, -0.2) is 20.8 Å². The Labute approximate surface area is 107 Å². The number of aryl methyl sites for hydroxylation is 2. The number of primary sulfonamides is 1. The van der Waals surface area contributed by atoms with E-state index in [0.717, 1.165) is 11.1 Å². The number of hydrogen-bond donors (Lipinski definition) is 1. The molecule has 0 spiro atoms. The van der Waals surface area contributed by atoms with Crippen LogP contribution in [0.3, 0.4) is 0 Å². The predicted molar refractivity (Wildman–Crippen MR) is 68.7 cm³/mol. The first-order valence-electron chi connectivity index (χ1n) is 5.48. The molecule has 0 amide bonds. The molecule has 0 aromatic heterocycles. The van der Waals surface area contributed by atoms with Crippen molar-refractivity contribution in [2.75, 3.05) is 12.4 Å². The predicted octanol–water partition coefficient (Wildman–Crippen LogP) is 1.23. The number of nitriles is 1. The van der Waals surface area contributed by atoms with E-state index in [9.17, 15) is 8.42 Å². The number of nitrogens with zero attached hydrogens (tertiary/aromatic N) is 1. The lowest BCUT2D eigenvalue weighted by Crippen LogP contribution is -2.18. The van der Waals surface area contributed by atoms with Gasteiger partial charge in [-0.25, -0.2) is 13.6 Å². The first-order valence-corrected chi connectivity index (χ1v) is 7.19. The molecule has 0 aliphatic rings. The number of ether oxygens (including phenoxy) is 1. The van der Waals surface area contributed by atoms with Crippen LogP contribution >= 0.6 is 0 Å². The molecule has 98 valence electrons. The maximum atomic E-state index is 10.7. The molecule has 0 saturated carbocycles. The molecule has 0 saturated heterocycles. The van der Waals surface area contributed by atoms with Crippen molar-refractivity contribution in [1.29, 1.82) is 5.26 Å². The van der Waals surface area contributed by atoms with Gasteiger partial charge in [-0.3, -0.25) is 0 Å². The van der Waals surface area contributed by atoms with Crippen LogP contribution in [0.1, 0.15) is 23.1 Å². The van der Waals surface area contributed by atoms with Gasteiger partial charge in [-0.2, -0.15) is 5.26 Å². The number of rotatable bonds is 5. The maximum absolute atomic E-state index is 10.7. The average Bonchev–Trinajstić information content (AvgIpc) is 2.25. The largest absolute Gasteiger partial charge is 0.493 e. The minimum absolute atomic E-state index is 0.0959. The molecule has 1 aromatic rings. The van der Waals surface area contributed by atoms with Gasteiger partial charge in [-0.05, 0) is 43.5 Å². The Morgan fingerprint density at radius 2 is 1.89 bits per heavy atom. The van der Waals surface area contributed by atoms with Gasteiger partial charge in [-0.15, -0.1) is 0 Å². The van der Waals surface area contributed by atoms with E-state index in [4.69, 9.17) is 15.1 Å². The van der Waals surface area contributed by atoms with Crippen molar-refractivity contribution in [3.8, 4) is 11.8 Å². The second-order valence-corrected chi connectivity index (χ2v) is 5.85. The monoisotopic (exact) mass is 268 g/mol. The highest BCUT2D eigenvalue weighted by atomic mass is 32.2. The molecular formula is C12H16N2O3S. The van der Waals surface area contributed by atoms with Crippen molar-refractivity contribution in [2.45, 2.75) is 20.3 Å². The molecule has 0 aliphatic heterocycles. The van der Waals surface area contributed by atoms with Crippen molar-refractivity contribution in [2.24, 2.45) is 5.14 Å². The minimum atomic E-state index is -3.43. The number of benzene rings is 1. The van der Waals surface area contributed by atoms with Crippen LogP contribution in [0.2, 0.25) is 0 Å². The molecule has 0 aliphatic carbocycles. The van der Waals surface area contributed by atoms with Crippen molar-refractivity contribution >= 4 is 10.0 Å². The van der Waals surface area contributed by atoms with Gasteiger partial charge in [0.2, 0.25) is 10.0 Å². The Morgan fingerprint density at radius 3 is 2.33 bits per heavy atom. The first-order chi connectivity index (χ1) is 8.33. The Bertz CT molecular complexity index is 550.